The molecule has 2 rings (SSSR count). The fourth-order valence-electron chi connectivity index (χ4n) is 2.98. The van der Waals surface area contributed by atoms with E-state index in [4.69, 9.17) is 0 Å². The summed E-state index contributed by atoms with van der Waals surface area (Å²) in [6.45, 7) is 10.8. The Morgan fingerprint density at radius 3 is 1.91 bits per heavy atom. The van der Waals surface area contributed by atoms with Crippen molar-refractivity contribution in [3.8, 4) is 11.1 Å². The van der Waals surface area contributed by atoms with Crippen molar-refractivity contribution >= 4 is 5.70 Å². The van der Waals surface area contributed by atoms with Crippen LogP contribution in [0.1, 0.15) is 39.2 Å². The Kier molecular flexibility index (Phi) is 5.97. The van der Waals surface area contributed by atoms with Gasteiger partial charge in [0.1, 0.15) is 5.82 Å². The van der Waals surface area contributed by atoms with E-state index >= 15 is 0 Å². The Balaban J connectivity index is 2.07. The maximum atomic E-state index is 13.0. The van der Waals surface area contributed by atoms with Crippen molar-refractivity contribution in [1.29, 1.82) is 0 Å². The van der Waals surface area contributed by atoms with Crippen molar-refractivity contribution in [2.45, 2.75) is 39.7 Å². The van der Waals surface area contributed by atoms with Crippen molar-refractivity contribution in [2.75, 3.05) is 0 Å². The molecule has 0 heterocycles. The molecule has 23 heavy (non-hydrogen) atoms. The van der Waals surface area contributed by atoms with Crippen LogP contribution in [-0.4, -0.2) is 6.04 Å². The highest BCUT2D eigenvalue weighted by molar-refractivity contribution is 5.68. The monoisotopic (exact) mass is 311 g/mol. The fraction of sp³-hybridized carbons (Fsp3) is 0.333. The molecule has 0 radical (unpaired) electrons. The van der Waals surface area contributed by atoms with Crippen LogP contribution in [0.15, 0.2) is 55.1 Å². The summed E-state index contributed by atoms with van der Waals surface area (Å²) >= 11 is 0. The number of nitrogens with one attached hydrogen (secondary N) is 1. The lowest BCUT2D eigenvalue weighted by Gasteiger charge is -2.24. The quantitative estimate of drug-likeness (QED) is 0.673. The number of rotatable bonds is 7. The van der Waals surface area contributed by atoms with Crippen molar-refractivity contribution < 1.29 is 4.39 Å². The van der Waals surface area contributed by atoms with Crippen LogP contribution in [0.3, 0.4) is 0 Å². The van der Waals surface area contributed by atoms with Gasteiger partial charge in [-0.2, -0.15) is 0 Å². The van der Waals surface area contributed by atoms with Crippen LogP contribution in [0.25, 0.3) is 16.8 Å². The molecule has 2 heteroatoms. The largest absolute Gasteiger partial charge is 0.382 e. The summed E-state index contributed by atoms with van der Waals surface area (Å²) in [7, 11) is 0. The molecule has 0 unspecified atom stereocenters. The van der Waals surface area contributed by atoms with E-state index in [0.29, 0.717) is 12.0 Å². The van der Waals surface area contributed by atoms with Crippen LogP contribution in [0.5, 0.6) is 0 Å². The van der Waals surface area contributed by atoms with Gasteiger partial charge in [-0.1, -0.05) is 69.7 Å². The van der Waals surface area contributed by atoms with E-state index in [1.165, 1.54) is 25.0 Å². The lowest BCUT2D eigenvalue weighted by Crippen LogP contribution is -2.31. The maximum absolute atomic E-state index is 13.0. The zero-order valence-corrected chi connectivity index (χ0v) is 14.3. The molecule has 2 aromatic rings. The standard InChI is InChI=1S/C21H26FN/c1-5-17(6-2)15(3)23-16(4)18-7-9-19(10-8-18)20-11-13-21(22)14-12-20/h7-15,17,23H,4-6H2,1-3H3/t15-/m0/s1. The second-order valence-corrected chi connectivity index (χ2v) is 6.07. The molecule has 0 aliphatic carbocycles. The summed E-state index contributed by atoms with van der Waals surface area (Å²) in [6.07, 6.45) is 2.34. The predicted octanol–water partition coefficient (Wildman–Crippen LogP) is 5.88. The van der Waals surface area contributed by atoms with Crippen molar-refractivity contribution in [3.63, 3.8) is 0 Å². The molecule has 0 fully saturated rings. The van der Waals surface area contributed by atoms with Crippen LogP contribution >= 0.6 is 0 Å². The third-order valence-electron chi connectivity index (χ3n) is 4.57. The van der Waals surface area contributed by atoms with Crippen LogP contribution in [0.2, 0.25) is 0 Å². The molecule has 0 bridgehead atoms. The molecule has 0 aromatic heterocycles. The minimum Gasteiger partial charge on any atom is -0.382 e. The van der Waals surface area contributed by atoms with E-state index in [-0.39, 0.29) is 5.82 Å². The minimum absolute atomic E-state index is 0.210. The van der Waals surface area contributed by atoms with Crippen LogP contribution in [-0.2, 0) is 0 Å². The highest BCUT2D eigenvalue weighted by Crippen LogP contribution is 2.23. The number of hydrogen-bond donors (Lipinski definition) is 1. The minimum atomic E-state index is -0.210. The van der Waals surface area contributed by atoms with Gasteiger partial charge in [0.25, 0.3) is 0 Å². The summed E-state index contributed by atoms with van der Waals surface area (Å²) in [5, 5.41) is 3.52. The molecular formula is C21H26FN. The van der Waals surface area contributed by atoms with Gasteiger partial charge in [0, 0.05) is 11.7 Å². The summed E-state index contributed by atoms with van der Waals surface area (Å²) in [5.74, 6) is 0.448. The molecule has 0 saturated carbocycles. The van der Waals surface area contributed by atoms with Crippen molar-refractivity contribution in [2.24, 2.45) is 5.92 Å². The first-order valence-corrected chi connectivity index (χ1v) is 8.37. The molecule has 0 spiro atoms. The molecule has 1 atom stereocenters. The Morgan fingerprint density at radius 2 is 1.43 bits per heavy atom. The molecule has 1 N–H and O–H groups in total. The molecule has 0 amide bonds. The molecule has 0 aliphatic rings. The second kappa shape index (κ2) is 7.96. The third-order valence-corrected chi connectivity index (χ3v) is 4.57. The topological polar surface area (TPSA) is 12.0 Å². The lowest BCUT2D eigenvalue weighted by atomic mass is 9.95. The van der Waals surface area contributed by atoms with E-state index in [2.05, 4.69) is 56.9 Å². The number of halogens is 1. The number of hydrogen-bond acceptors (Lipinski definition) is 1. The first-order chi connectivity index (χ1) is 11.0. The van der Waals surface area contributed by atoms with Gasteiger partial charge in [0.15, 0.2) is 0 Å². The third kappa shape index (κ3) is 4.44. The van der Waals surface area contributed by atoms with Crippen LogP contribution < -0.4 is 5.32 Å². The van der Waals surface area contributed by atoms with Gasteiger partial charge >= 0.3 is 0 Å². The van der Waals surface area contributed by atoms with Gasteiger partial charge in [-0.05, 0) is 41.7 Å². The Hall–Kier alpha value is -2.09. The van der Waals surface area contributed by atoms with Gasteiger partial charge in [-0.15, -0.1) is 0 Å². The molecule has 0 saturated heterocycles. The number of benzene rings is 2. The van der Waals surface area contributed by atoms with Crippen molar-refractivity contribution in [3.05, 3.63) is 66.5 Å². The molecule has 2 aromatic carbocycles. The van der Waals surface area contributed by atoms with E-state index < -0.39 is 0 Å². The van der Waals surface area contributed by atoms with Gasteiger partial charge in [-0.25, -0.2) is 4.39 Å². The zero-order chi connectivity index (χ0) is 16.8. The summed E-state index contributed by atoms with van der Waals surface area (Å²) in [4.78, 5) is 0. The highest BCUT2D eigenvalue weighted by atomic mass is 19.1. The summed E-state index contributed by atoms with van der Waals surface area (Å²) in [5.41, 5.74) is 4.14. The van der Waals surface area contributed by atoms with E-state index in [9.17, 15) is 4.39 Å². The Bertz CT molecular complexity index is 624. The lowest BCUT2D eigenvalue weighted by molar-refractivity contribution is 0.387. The average Bonchev–Trinajstić information content (AvgIpc) is 2.57. The normalized spacial score (nSPS) is 12.2. The Labute approximate surface area is 139 Å². The summed E-state index contributed by atoms with van der Waals surface area (Å²) in [6, 6.07) is 15.2. The van der Waals surface area contributed by atoms with Crippen LogP contribution in [0.4, 0.5) is 4.39 Å². The average molecular weight is 311 g/mol. The first kappa shape index (κ1) is 17.3. The van der Waals surface area contributed by atoms with E-state index in [1.54, 1.807) is 12.1 Å². The van der Waals surface area contributed by atoms with Crippen LogP contribution in [0, 0.1) is 11.7 Å². The van der Waals surface area contributed by atoms with Gasteiger partial charge in [0.2, 0.25) is 0 Å². The first-order valence-electron chi connectivity index (χ1n) is 8.37. The highest BCUT2D eigenvalue weighted by Gasteiger charge is 2.14. The van der Waals surface area contributed by atoms with Gasteiger partial charge in [-0.3, -0.25) is 0 Å². The van der Waals surface area contributed by atoms with Crippen molar-refractivity contribution in [1.82, 2.24) is 5.32 Å². The van der Waals surface area contributed by atoms with Gasteiger partial charge < -0.3 is 5.32 Å². The summed E-state index contributed by atoms with van der Waals surface area (Å²) < 4.78 is 13.0. The van der Waals surface area contributed by atoms with E-state index in [1.807, 2.05) is 0 Å². The predicted molar refractivity (Wildman–Crippen MR) is 97.5 cm³/mol. The molecule has 122 valence electrons. The fourth-order valence-corrected chi connectivity index (χ4v) is 2.98. The van der Waals surface area contributed by atoms with Gasteiger partial charge in [0.05, 0.1) is 0 Å². The zero-order valence-electron chi connectivity index (χ0n) is 14.3. The molecule has 0 aliphatic heterocycles. The van der Waals surface area contributed by atoms with E-state index in [0.717, 1.165) is 22.4 Å². The Morgan fingerprint density at radius 1 is 0.957 bits per heavy atom. The SMILES string of the molecule is C=C(N[C@@H](C)C(CC)CC)c1ccc(-c2ccc(F)cc2)cc1. The smallest absolute Gasteiger partial charge is 0.123 e. The maximum Gasteiger partial charge on any atom is 0.123 e. The molecule has 1 nitrogen and oxygen atoms in total. The molecular weight excluding hydrogens is 285 g/mol. The second-order valence-electron chi connectivity index (χ2n) is 6.07.